The average Bonchev–Trinajstić information content (AvgIpc) is 3.05. The summed E-state index contributed by atoms with van der Waals surface area (Å²) >= 11 is 0. The van der Waals surface area contributed by atoms with Crippen LogP contribution < -0.4 is 9.47 Å². The van der Waals surface area contributed by atoms with Crippen LogP contribution in [0, 0.1) is 6.92 Å². The monoisotopic (exact) mass is 398 g/mol. The van der Waals surface area contributed by atoms with Gasteiger partial charge >= 0.3 is 0 Å². The summed E-state index contributed by atoms with van der Waals surface area (Å²) in [5.74, 6) is 1.67. The highest BCUT2D eigenvalue weighted by Gasteiger charge is 2.21. The number of ether oxygens (including phenoxy) is 2. The Labute approximate surface area is 177 Å². The predicted molar refractivity (Wildman–Crippen MR) is 121 cm³/mol. The molecule has 4 nitrogen and oxygen atoms in total. The summed E-state index contributed by atoms with van der Waals surface area (Å²) in [7, 11) is 1.71. The second kappa shape index (κ2) is 7.88. The number of fused-ring (bicyclic) bond motifs is 2. The van der Waals surface area contributed by atoms with Crippen LogP contribution in [0.1, 0.15) is 16.8 Å². The summed E-state index contributed by atoms with van der Waals surface area (Å²) in [6.45, 7) is 5.30. The normalized spacial score (nSPS) is 14.2. The third kappa shape index (κ3) is 3.66. The SMILES string of the molecule is COc1cc(-c2ccc(C)cc2)cc2c1OCCN(Cc1cc3ccccc3[nH]1)C2. The van der Waals surface area contributed by atoms with Gasteiger partial charge in [-0.15, -0.1) is 0 Å². The van der Waals surface area contributed by atoms with Crippen LogP contribution in [-0.4, -0.2) is 30.1 Å². The fourth-order valence-electron chi connectivity index (χ4n) is 4.20. The third-order valence-electron chi connectivity index (χ3n) is 5.76. The van der Waals surface area contributed by atoms with Gasteiger partial charge in [-0.05, 0) is 47.7 Å². The maximum atomic E-state index is 6.13. The van der Waals surface area contributed by atoms with Gasteiger partial charge in [0.05, 0.1) is 7.11 Å². The van der Waals surface area contributed by atoms with E-state index in [4.69, 9.17) is 9.47 Å². The Morgan fingerprint density at radius 3 is 2.63 bits per heavy atom. The molecule has 3 aromatic carbocycles. The highest BCUT2D eigenvalue weighted by molar-refractivity contribution is 5.80. The lowest BCUT2D eigenvalue weighted by Gasteiger charge is -2.19. The molecule has 30 heavy (non-hydrogen) atoms. The predicted octanol–water partition coefficient (Wildman–Crippen LogP) is 5.55. The van der Waals surface area contributed by atoms with E-state index in [2.05, 4.69) is 83.5 Å². The van der Waals surface area contributed by atoms with Crippen molar-refractivity contribution in [3.05, 3.63) is 83.6 Å². The molecule has 0 spiro atoms. The summed E-state index contributed by atoms with van der Waals surface area (Å²) < 4.78 is 11.8. The van der Waals surface area contributed by atoms with E-state index in [1.54, 1.807) is 7.11 Å². The first-order valence-electron chi connectivity index (χ1n) is 10.4. The van der Waals surface area contributed by atoms with Crippen molar-refractivity contribution < 1.29 is 9.47 Å². The Morgan fingerprint density at radius 1 is 1.00 bits per heavy atom. The minimum atomic E-state index is 0.646. The zero-order valence-corrected chi connectivity index (χ0v) is 17.4. The summed E-state index contributed by atoms with van der Waals surface area (Å²) in [5.41, 5.74) is 7.17. The fourth-order valence-corrected chi connectivity index (χ4v) is 4.20. The first kappa shape index (κ1) is 18.8. The minimum absolute atomic E-state index is 0.646. The quantitative estimate of drug-likeness (QED) is 0.490. The first-order chi connectivity index (χ1) is 14.7. The molecule has 0 fully saturated rings. The second-order valence-corrected chi connectivity index (χ2v) is 7.97. The molecule has 5 rings (SSSR count). The maximum absolute atomic E-state index is 6.13. The Balaban J connectivity index is 1.46. The second-order valence-electron chi connectivity index (χ2n) is 7.97. The number of rotatable bonds is 4. The molecule has 0 atom stereocenters. The van der Waals surface area contributed by atoms with Crippen LogP contribution in [0.15, 0.2) is 66.7 Å². The van der Waals surface area contributed by atoms with E-state index in [9.17, 15) is 0 Å². The number of aromatic nitrogens is 1. The maximum Gasteiger partial charge on any atom is 0.165 e. The molecule has 0 amide bonds. The van der Waals surface area contributed by atoms with E-state index in [0.717, 1.165) is 36.7 Å². The number of benzene rings is 3. The van der Waals surface area contributed by atoms with Crippen molar-refractivity contribution in [2.75, 3.05) is 20.3 Å². The van der Waals surface area contributed by atoms with Crippen LogP contribution in [-0.2, 0) is 13.1 Å². The summed E-state index contributed by atoms with van der Waals surface area (Å²) in [4.78, 5) is 5.97. The topological polar surface area (TPSA) is 37.5 Å². The highest BCUT2D eigenvalue weighted by atomic mass is 16.5. The largest absolute Gasteiger partial charge is 0.493 e. The highest BCUT2D eigenvalue weighted by Crippen LogP contribution is 2.38. The van der Waals surface area contributed by atoms with E-state index in [1.807, 2.05) is 0 Å². The van der Waals surface area contributed by atoms with Crippen molar-refractivity contribution in [1.29, 1.82) is 0 Å². The van der Waals surface area contributed by atoms with Crippen molar-refractivity contribution >= 4 is 10.9 Å². The molecule has 1 N–H and O–H groups in total. The van der Waals surface area contributed by atoms with Crippen LogP contribution in [0.2, 0.25) is 0 Å². The number of nitrogens with zero attached hydrogens (tertiary/aromatic N) is 1. The molecule has 1 aromatic heterocycles. The van der Waals surface area contributed by atoms with Crippen molar-refractivity contribution in [2.24, 2.45) is 0 Å². The van der Waals surface area contributed by atoms with Gasteiger partial charge in [-0.3, -0.25) is 4.90 Å². The van der Waals surface area contributed by atoms with Crippen LogP contribution >= 0.6 is 0 Å². The number of methoxy groups -OCH3 is 1. The molecular weight excluding hydrogens is 372 g/mol. The lowest BCUT2D eigenvalue weighted by molar-refractivity contribution is 0.215. The molecule has 1 aliphatic rings. The summed E-state index contributed by atoms with van der Waals surface area (Å²) in [5, 5.41) is 1.25. The van der Waals surface area contributed by atoms with Gasteiger partial charge in [0.2, 0.25) is 0 Å². The van der Waals surface area contributed by atoms with Gasteiger partial charge in [0.1, 0.15) is 6.61 Å². The van der Waals surface area contributed by atoms with Crippen LogP contribution in [0.25, 0.3) is 22.0 Å². The minimum Gasteiger partial charge on any atom is -0.493 e. The van der Waals surface area contributed by atoms with Crippen molar-refractivity contribution in [3.8, 4) is 22.6 Å². The van der Waals surface area contributed by atoms with Gasteiger partial charge in [-0.2, -0.15) is 0 Å². The molecule has 0 bridgehead atoms. The van der Waals surface area contributed by atoms with E-state index in [0.29, 0.717) is 6.61 Å². The van der Waals surface area contributed by atoms with Crippen LogP contribution in [0.4, 0.5) is 0 Å². The fraction of sp³-hybridized carbons (Fsp3) is 0.231. The zero-order valence-electron chi connectivity index (χ0n) is 17.4. The van der Waals surface area contributed by atoms with Gasteiger partial charge in [0, 0.05) is 36.4 Å². The molecule has 0 aliphatic carbocycles. The number of para-hydroxylation sites is 1. The van der Waals surface area contributed by atoms with E-state index < -0.39 is 0 Å². The Kier molecular flexibility index (Phi) is 4.93. The lowest BCUT2D eigenvalue weighted by atomic mass is 10.0. The molecular formula is C26H26N2O2. The molecule has 1 aliphatic heterocycles. The van der Waals surface area contributed by atoms with E-state index in [1.165, 1.54) is 33.3 Å². The smallest absolute Gasteiger partial charge is 0.165 e. The van der Waals surface area contributed by atoms with Gasteiger partial charge < -0.3 is 14.5 Å². The van der Waals surface area contributed by atoms with E-state index in [-0.39, 0.29) is 0 Å². The van der Waals surface area contributed by atoms with Crippen molar-refractivity contribution in [1.82, 2.24) is 9.88 Å². The Hall–Kier alpha value is -3.24. The molecule has 0 saturated heterocycles. The van der Waals surface area contributed by atoms with E-state index >= 15 is 0 Å². The van der Waals surface area contributed by atoms with Gasteiger partial charge in [-0.1, -0.05) is 48.0 Å². The Morgan fingerprint density at radius 2 is 1.83 bits per heavy atom. The lowest BCUT2D eigenvalue weighted by Crippen LogP contribution is -2.25. The number of aryl methyl sites for hydroxylation is 1. The number of H-pyrrole nitrogens is 1. The molecule has 152 valence electrons. The molecule has 4 heteroatoms. The van der Waals surface area contributed by atoms with Gasteiger partial charge in [0.25, 0.3) is 0 Å². The molecule has 0 radical (unpaired) electrons. The van der Waals surface area contributed by atoms with Crippen molar-refractivity contribution in [3.63, 3.8) is 0 Å². The van der Waals surface area contributed by atoms with Gasteiger partial charge in [0.15, 0.2) is 11.5 Å². The summed E-state index contributed by atoms with van der Waals surface area (Å²) in [6.07, 6.45) is 0. The number of nitrogens with one attached hydrogen (secondary N) is 1. The molecule has 0 saturated carbocycles. The van der Waals surface area contributed by atoms with Crippen molar-refractivity contribution in [2.45, 2.75) is 20.0 Å². The van der Waals surface area contributed by atoms with Crippen LogP contribution in [0.5, 0.6) is 11.5 Å². The average molecular weight is 399 g/mol. The summed E-state index contributed by atoms with van der Waals surface area (Å²) in [6, 6.07) is 23.6. The van der Waals surface area contributed by atoms with Gasteiger partial charge in [-0.25, -0.2) is 0 Å². The number of hydrogen-bond acceptors (Lipinski definition) is 3. The molecule has 4 aromatic rings. The zero-order chi connectivity index (χ0) is 20.5. The Bertz CT molecular complexity index is 1140. The molecule has 2 heterocycles. The first-order valence-corrected chi connectivity index (χ1v) is 10.4. The van der Waals surface area contributed by atoms with Crippen LogP contribution in [0.3, 0.4) is 0 Å². The molecule has 0 unspecified atom stereocenters. The standard InChI is InChI=1S/C26H26N2O2/c1-18-7-9-19(10-8-18)21-13-22-16-28(11-12-30-26(22)25(15-21)29-2)17-23-14-20-5-3-4-6-24(20)27-23/h3-10,13-15,27H,11-12,16-17H2,1-2H3. The number of hydrogen-bond donors (Lipinski definition) is 1. The number of aromatic amines is 1. The third-order valence-corrected chi connectivity index (χ3v) is 5.76.